The zero-order valence-corrected chi connectivity index (χ0v) is 7.20. The van der Waals surface area contributed by atoms with E-state index in [4.69, 9.17) is 0 Å². The van der Waals surface area contributed by atoms with Gasteiger partial charge in [0.05, 0.1) is 6.20 Å². The van der Waals surface area contributed by atoms with E-state index in [0.29, 0.717) is 0 Å². The first-order valence-corrected chi connectivity index (χ1v) is 2.92. The Hall–Kier alpha value is -0.700. The molecule has 0 unspecified atom stereocenters. The lowest BCUT2D eigenvalue weighted by atomic mass is 10.4. The number of aryl methyl sites for hydroxylation is 2. The van der Waals surface area contributed by atoms with Crippen LogP contribution in [0.25, 0.3) is 0 Å². The zero-order chi connectivity index (χ0) is 6.85. The van der Waals surface area contributed by atoms with Gasteiger partial charge >= 0.3 is 0 Å². The van der Waals surface area contributed by atoms with Crippen LogP contribution in [0.5, 0.6) is 0 Å². The molecule has 0 radical (unpaired) electrons. The Morgan fingerprint density at radius 2 is 2.20 bits per heavy atom. The normalized spacial score (nSPS) is 8.70. The summed E-state index contributed by atoms with van der Waals surface area (Å²) in [4.78, 5) is 0. The van der Waals surface area contributed by atoms with Gasteiger partial charge in [0, 0.05) is 19.7 Å². The molecular weight excluding hydrogens is 150 g/mol. The molecular formula is C6H12ClN3. The monoisotopic (exact) mass is 161 g/mol. The number of nitrogens with zero attached hydrogens (tertiary/aromatic N) is 2. The van der Waals surface area contributed by atoms with E-state index in [1.165, 1.54) is 5.56 Å². The van der Waals surface area contributed by atoms with Crippen LogP contribution in [0.4, 0.5) is 5.82 Å². The molecule has 0 spiro atoms. The maximum Gasteiger partial charge on any atom is 0.126 e. The Labute approximate surface area is 66.8 Å². The summed E-state index contributed by atoms with van der Waals surface area (Å²) in [5, 5.41) is 7.09. The lowest BCUT2D eigenvalue weighted by Gasteiger charge is -1.99. The SMILES string of the molecule is CNc1c(C)cnn1C.Cl. The number of rotatable bonds is 1. The van der Waals surface area contributed by atoms with E-state index in [2.05, 4.69) is 10.4 Å². The van der Waals surface area contributed by atoms with E-state index in [1.807, 2.05) is 31.9 Å². The van der Waals surface area contributed by atoms with Crippen molar-refractivity contribution in [3.05, 3.63) is 11.8 Å². The van der Waals surface area contributed by atoms with Gasteiger partial charge in [-0.05, 0) is 6.92 Å². The molecule has 0 fully saturated rings. The maximum atomic E-state index is 4.04. The van der Waals surface area contributed by atoms with Crippen molar-refractivity contribution < 1.29 is 0 Å². The topological polar surface area (TPSA) is 29.9 Å². The number of halogens is 1. The van der Waals surface area contributed by atoms with Gasteiger partial charge in [0.15, 0.2) is 0 Å². The predicted octanol–water partition coefficient (Wildman–Crippen LogP) is 1.19. The summed E-state index contributed by atoms with van der Waals surface area (Å²) in [5.41, 5.74) is 1.18. The summed E-state index contributed by atoms with van der Waals surface area (Å²) in [5.74, 6) is 1.08. The van der Waals surface area contributed by atoms with Crippen molar-refractivity contribution in [3.8, 4) is 0 Å². The molecule has 3 nitrogen and oxygen atoms in total. The van der Waals surface area contributed by atoms with Gasteiger partial charge in [-0.15, -0.1) is 12.4 Å². The minimum absolute atomic E-state index is 0. The highest BCUT2D eigenvalue weighted by Crippen LogP contribution is 2.09. The molecule has 0 aliphatic rings. The number of aromatic nitrogens is 2. The lowest BCUT2D eigenvalue weighted by molar-refractivity contribution is 0.774. The summed E-state index contributed by atoms with van der Waals surface area (Å²) in [7, 11) is 3.81. The summed E-state index contributed by atoms with van der Waals surface area (Å²) >= 11 is 0. The molecule has 1 N–H and O–H groups in total. The minimum atomic E-state index is 0. The smallest absolute Gasteiger partial charge is 0.126 e. The molecule has 0 saturated heterocycles. The molecule has 1 heterocycles. The largest absolute Gasteiger partial charge is 0.373 e. The van der Waals surface area contributed by atoms with Crippen LogP contribution in [0.15, 0.2) is 6.20 Å². The van der Waals surface area contributed by atoms with Crippen LogP contribution in [0, 0.1) is 6.92 Å². The van der Waals surface area contributed by atoms with Crippen LogP contribution < -0.4 is 5.32 Å². The minimum Gasteiger partial charge on any atom is -0.373 e. The molecule has 1 aromatic heterocycles. The summed E-state index contributed by atoms with van der Waals surface area (Å²) in [6, 6.07) is 0. The molecule has 10 heavy (non-hydrogen) atoms. The molecule has 0 aliphatic heterocycles. The van der Waals surface area contributed by atoms with Gasteiger partial charge in [-0.3, -0.25) is 4.68 Å². The highest BCUT2D eigenvalue weighted by Gasteiger charge is 1.98. The van der Waals surface area contributed by atoms with Crippen molar-refractivity contribution >= 4 is 18.2 Å². The highest BCUT2D eigenvalue weighted by atomic mass is 35.5. The second-order valence-corrected chi connectivity index (χ2v) is 2.05. The number of anilines is 1. The fraction of sp³-hybridized carbons (Fsp3) is 0.500. The van der Waals surface area contributed by atoms with E-state index < -0.39 is 0 Å². The summed E-state index contributed by atoms with van der Waals surface area (Å²) < 4.78 is 1.81. The first kappa shape index (κ1) is 9.30. The van der Waals surface area contributed by atoms with Gasteiger partial charge in [-0.2, -0.15) is 5.10 Å². The Balaban J connectivity index is 0.000000810. The third-order valence-corrected chi connectivity index (χ3v) is 1.36. The van der Waals surface area contributed by atoms with E-state index >= 15 is 0 Å². The van der Waals surface area contributed by atoms with Gasteiger partial charge in [0.1, 0.15) is 5.82 Å². The number of nitrogens with one attached hydrogen (secondary N) is 1. The molecule has 1 aromatic rings. The van der Waals surface area contributed by atoms with Gasteiger partial charge in [0.2, 0.25) is 0 Å². The second kappa shape index (κ2) is 3.46. The first-order chi connectivity index (χ1) is 4.25. The quantitative estimate of drug-likeness (QED) is 0.671. The third-order valence-electron chi connectivity index (χ3n) is 1.36. The third kappa shape index (κ3) is 1.42. The second-order valence-electron chi connectivity index (χ2n) is 2.05. The molecule has 0 saturated carbocycles. The Morgan fingerprint density at radius 1 is 1.60 bits per heavy atom. The van der Waals surface area contributed by atoms with Gasteiger partial charge in [-0.1, -0.05) is 0 Å². The fourth-order valence-electron chi connectivity index (χ4n) is 0.906. The van der Waals surface area contributed by atoms with E-state index in [1.54, 1.807) is 0 Å². The molecule has 0 bridgehead atoms. The average Bonchev–Trinajstić information content (AvgIpc) is 2.12. The van der Waals surface area contributed by atoms with E-state index in [9.17, 15) is 0 Å². The number of hydrogen-bond donors (Lipinski definition) is 1. The zero-order valence-electron chi connectivity index (χ0n) is 6.38. The number of hydrogen-bond acceptors (Lipinski definition) is 2. The Morgan fingerprint density at radius 3 is 2.40 bits per heavy atom. The molecule has 0 atom stereocenters. The van der Waals surface area contributed by atoms with Gasteiger partial charge < -0.3 is 5.32 Å². The molecule has 1 rings (SSSR count). The summed E-state index contributed by atoms with van der Waals surface area (Å²) in [6.45, 7) is 2.03. The summed E-state index contributed by atoms with van der Waals surface area (Å²) in [6.07, 6.45) is 1.84. The molecule has 0 aromatic carbocycles. The average molecular weight is 162 g/mol. The van der Waals surface area contributed by atoms with Gasteiger partial charge in [-0.25, -0.2) is 0 Å². The Bertz CT molecular complexity index is 187. The lowest BCUT2D eigenvalue weighted by Crippen LogP contribution is -1.98. The van der Waals surface area contributed by atoms with Crippen molar-refractivity contribution in [1.29, 1.82) is 0 Å². The first-order valence-electron chi connectivity index (χ1n) is 2.92. The van der Waals surface area contributed by atoms with Crippen molar-refractivity contribution in [2.24, 2.45) is 7.05 Å². The standard InChI is InChI=1S/C6H11N3.ClH/c1-5-4-8-9(3)6(5)7-2;/h4,7H,1-3H3;1H. The molecule has 0 amide bonds. The van der Waals surface area contributed by atoms with Crippen LogP contribution in [0.2, 0.25) is 0 Å². The fourth-order valence-corrected chi connectivity index (χ4v) is 0.906. The van der Waals surface area contributed by atoms with Crippen molar-refractivity contribution in [1.82, 2.24) is 9.78 Å². The van der Waals surface area contributed by atoms with Crippen LogP contribution in [-0.4, -0.2) is 16.8 Å². The molecule has 4 heteroatoms. The van der Waals surface area contributed by atoms with Crippen LogP contribution in [-0.2, 0) is 7.05 Å². The maximum absolute atomic E-state index is 4.04. The predicted molar refractivity (Wildman–Crippen MR) is 44.7 cm³/mol. The van der Waals surface area contributed by atoms with Gasteiger partial charge in [0.25, 0.3) is 0 Å². The van der Waals surface area contributed by atoms with Crippen LogP contribution in [0.1, 0.15) is 5.56 Å². The van der Waals surface area contributed by atoms with Crippen molar-refractivity contribution in [3.63, 3.8) is 0 Å². The Kier molecular flexibility index (Phi) is 3.22. The van der Waals surface area contributed by atoms with Crippen LogP contribution >= 0.6 is 12.4 Å². The molecule has 0 aliphatic carbocycles. The van der Waals surface area contributed by atoms with E-state index in [-0.39, 0.29) is 12.4 Å². The highest BCUT2D eigenvalue weighted by molar-refractivity contribution is 5.85. The molecule has 58 valence electrons. The van der Waals surface area contributed by atoms with Crippen molar-refractivity contribution in [2.45, 2.75) is 6.92 Å². The van der Waals surface area contributed by atoms with E-state index in [0.717, 1.165) is 5.82 Å². The van der Waals surface area contributed by atoms with Crippen LogP contribution in [0.3, 0.4) is 0 Å². The van der Waals surface area contributed by atoms with Crippen molar-refractivity contribution in [2.75, 3.05) is 12.4 Å².